The summed E-state index contributed by atoms with van der Waals surface area (Å²) in [4.78, 5) is 16.9. The lowest BCUT2D eigenvalue weighted by Crippen LogP contribution is -2.47. The van der Waals surface area contributed by atoms with E-state index in [1.807, 2.05) is 6.92 Å². The fourth-order valence-electron chi connectivity index (χ4n) is 3.55. The Morgan fingerprint density at radius 3 is 2.52 bits per heavy atom. The molecule has 2 fully saturated rings. The molecule has 0 spiro atoms. The van der Waals surface area contributed by atoms with E-state index in [1.54, 1.807) is 6.33 Å². The van der Waals surface area contributed by atoms with Crippen molar-refractivity contribution in [3.63, 3.8) is 0 Å². The van der Waals surface area contributed by atoms with E-state index in [-0.39, 0.29) is 0 Å². The van der Waals surface area contributed by atoms with Crippen LogP contribution in [0.3, 0.4) is 0 Å². The SMILES string of the molecule is Cc1cc2ncnc(N3CCN(c4ccc(C5CC5)nn4)CC3)c2[nH]1. The Balaban J connectivity index is 1.31. The minimum absolute atomic E-state index is 0.655. The zero-order valence-electron chi connectivity index (χ0n) is 14.3. The smallest absolute Gasteiger partial charge is 0.156 e. The first-order valence-electron chi connectivity index (χ1n) is 8.92. The number of rotatable bonds is 3. The van der Waals surface area contributed by atoms with Crippen molar-refractivity contribution >= 4 is 22.7 Å². The Hall–Kier alpha value is -2.70. The summed E-state index contributed by atoms with van der Waals surface area (Å²) in [6.07, 6.45) is 4.18. The molecule has 0 radical (unpaired) electrons. The van der Waals surface area contributed by atoms with Gasteiger partial charge in [0.15, 0.2) is 11.6 Å². The van der Waals surface area contributed by atoms with Crippen molar-refractivity contribution in [2.75, 3.05) is 36.0 Å². The molecule has 0 unspecified atom stereocenters. The monoisotopic (exact) mass is 335 g/mol. The fourth-order valence-corrected chi connectivity index (χ4v) is 3.55. The van der Waals surface area contributed by atoms with Crippen molar-refractivity contribution in [2.45, 2.75) is 25.7 Å². The van der Waals surface area contributed by atoms with Crippen LogP contribution in [0.4, 0.5) is 11.6 Å². The standard InChI is InChI=1S/C18H21N7/c1-12-10-15-17(21-12)18(20-11-19-15)25-8-6-24(7-9-25)16-5-4-14(22-23-16)13-2-3-13/h4-5,10-11,13,21H,2-3,6-9H2,1H3. The summed E-state index contributed by atoms with van der Waals surface area (Å²) in [5.74, 6) is 2.63. The molecule has 2 aliphatic rings. The van der Waals surface area contributed by atoms with Crippen molar-refractivity contribution < 1.29 is 0 Å². The van der Waals surface area contributed by atoms with Crippen molar-refractivity contribution in [1.29, 1.82) is 0 Å². The van der Waals surface area contributed by atoms with Gasteiger partial charge in [-0.05, 0) is 38.0 Å². The number of hydrogen-bond donors (Lipinski definition) is 1. The Morgan fingerprint density at radius 2 is 1.80 bits per heavy atom. The summed E-state index contributed by atoms with van der Waals surface area (Å²) in [5.41, 5.74) is 4.27. The topological polar surface area (TPSA) is 73.8 Å². The molecule has 3 aromatic heterocycles. The number of anilines is 2. The van der Waals surface area contributed by atoms with Crippen LogP contribution in [-0.4, -0.2) is 51.3 Å². The van der Waals surface area contributed by atoms with Gasteiger partial charge in [-0.3, -0.25) is 0 Å². The molecule has 1 saturated heterocycles. The van der Waals surface area contributed by atoms with Gasteiger partial charge in [-0.1, -0.05) is 0 Å². The molecular formula is C18H21N7. The van der Waals surface area contributed by atoms with Crippen molar-refractivity contribution in [1.82, 2.24) is 25.1 Å². The van der Waals surface area contributed by atoms with Crippen LogP contribution in [0.15, 0.2) is 24.5 Å². The average molecular weight is 335 g/mol. The molecule has 1 N–H and O–H groups in total. The molecule has 7 heteroatoms. The number of piperazine rings is 1. The van der Waals surface area contributed by atoms with Gasteiger partial charge in [-0.2, -0.15) is 5.10 Å². The maximum absolute atomic E-state index is 4.52. The highest BCUT2D eigenvalue weighted by atomic mass is 15.3. The second-order valence-corrected chi connectivity index (χ2v) is 6.97. The summed E-state index contributed by atoms with van der Waals surface area (Å²) in [7, 11) is 0. The summed E-state index contributed by atoms with van der Waals surface area (Å²) in [6, 6.07) is 6.32. The molecule has 1 aliphatic carbocycles. The highest BCUT2D eigenvalue weighted by Crippen LogP contribution is 2.38. The second kappa shape index (κ2) is 5.68. The van der Waals surface area contributed by atoms with Crippen LogP contribution in [0, 0.1) is 6.92 Å². The van der Waals surface area contributed by atoms with Crippen LogP contribution in [0.5, 0.6) is 0 Å². The molecule has 5 rings (SSSR count). The molecule has 0 amide bonds. The van der Waals surface area contributed by atoms with E-state index in [9.17, 15) is 0 Å². The predicted molar refractivity (Wildman–Crippen MR) is 97.1 cm³/mol. The number of nitrogens with zero attached hydrogens (tertiary/aromatic N) is 6. The maximum atomic E-state index is 4.52. The minimum Gasteiger partial charge on any atom is -0.354 e. The van der Waals surface area contributed by atoms with Gasteiger partial charge in [0.05, 0.1) is 11.2 Å². The quantitative estimate of drug-likeness (QED) is 0.791. The normalized spacial score (nSPS) is 18.1. The Bertz CT molecular complexity index is 889. The molecular weight excluding hydrogens is 314 g/mol. The summed E-state index contributed by atoms with van der Waals surface area (Å²) >= 11 is 0. The molecule has 128 valence electrons. The highest BCUT2D eigenvalue weighted by molar-refractivity contribution is 5.86. The lowest BCUT2D eigenvalue weighted by atomic mass is 10.2. The molecule has 0 bridgehead atoms. The van der Waals surface area contributed by atoms with E-state index in [0.29, 0.717) is 5.92 Å². The number of aromatic nitrogens is 5. The van der Waals surface area contributed by atoms with Crippen LogP contribution in [0.25, 0.3) is 11.0 Å². The number of nitrogens with one attached hydrogen (secondary N) is 1. The molecule has 0 aromatic carbocycles. The van der Waals surface area contributed by atoms with Gasteiger partial charge in [-0.25, -0.2) is 9.97 Å². The molecule has 1 aliphatic heterocycles. The van der Waals surface area contributed by atoms with Gasteiger partial charge in [0.25, 0.3) is 0 Å². The zero-order chi connectivity index (χ0) is 16.8. The third-order valence-electron chi connectivity index (χ3n) is 5.10. The first-order valence-corrected chi connectivity index (χ1v) is 8.92. The van der Waals surface area contributed by atoms with Crippen molar-refractivity contribution in [3.8, 4) is 0 Å². The first-order chi connectivity index (χ1) is 12.3. The summed E-state index contributed by atoms with van der Waals surface area (Å²) < 4.78 is 0. The van der Waals surface area contributed by atoms with E-state index in [2.05, 4.69) is 53.1 Å². The van der Waals surface area contributed by atoms with Gasteiger partial charge in [0.1, 0.15) is 11.8 Å². The molecule has 4 heterocycles. The summed E-state index contributed by atoms with van der Waals surface area (Å²) in [6.45, 7) is 5.71. The zero-order valence-corrected chi connectivity index (χ0v) is 14.3. The molecule has 25 heavy (non-hydrogen) atoms. The number of H-pyrrole nitrogens is 1. The van der Waals surface area contributed by atoms with Gasteiger partial charge in [0, 0.05) is 37.8 Å². The second-order valence-electron chi connectivity index (χ2n) is 6.97. The van der Waals surface area contributed by atoms with E-state index in [4.69, 9.17) is 0 Å². The summed E-state index contributed by atoms with van der Waals surface area (Å²) in [5, 5.41) is 8.85. The fraction of sp³-hybridized carbons (Fsp3) is 0.444. The largest absolute Gasteiger partial charge is 0.354 e. The van der Waals surface area contributed by atoms with Crippen LogP contribution in [0.1, 0.15) is 30.1 Å². The van der Waals surface area contributed by atoms with Crippen LogP contribution in [0.2, 0.25) is 0 Å². The first kappa shape index (κ1) is 14.6. The Kier molecular flexibility index (Phi) is 3.33. The Morgan fingerprint density at radius 1 is 1.00 bits per heavy atom. The third-order valence-corrected chi connectivity index (χ3v) is 5.10. The lowest BCUT2D eigenvalue weighted by Gasteiger charge is -2.35. The number of fused-ring (bicyclic) bond motifs is 1. The number of aryl methyl sites for hydroxylation is 1. The van der Waals surface area contributed by atoms with E-state index in [1.165, 1.54) is 12.8 Å². The van der Waals surface area contributed by atoms with Gasteiger partial charge in [0.2, 0.25) is 0 Å². The van der Waals surface area contributed by atoms with Gasteiger partial charge >= 0.3 is 0 Å². The molecule has 0 atom stereocenters. The van der Waals surface area contributed by atoms with Crippen LogP contribution < -0.4 is 9.80 Å². The van der Waals surface area contributed by atoms with Crippen LogP contribution >= 0.6 is 0 Å². The van der Waals surface area contributed by atoms with E-state index < -0.39 is 0 Å². The number of hydrogen-bond acceptors (Lipinski definition) is 6. The van der Waals surface area contributed by atoms with Crippen LogP contribution in [-0.2, 0) is 0 Å². The van der Waals surface area contributed by atoms with E-state index in [0.717, 1.165) is 60.2 Å². The minimum atomic E-state index is 0.655. The van der Waals surface area contributed by atoms with Crippen molar-refractivity contribution in [3.05, 3.63) is 35.9 Å². The van der Waals surface area contributed by atoms with Gasteiger partial charge < -0.3 is 14.8 Å². The molecule has 1 saturated carbocycles. The number of aromatic amines is 1. The van der Waals surface area contributed by atoms with E-state index >= 15 is 0 Å². The average Bonchev–Trinajstić information content (AvgIpc) is 3.42. The van der Waals surface area contributed by atoms with Crippen molar-refractivity contribution in [2.24, 2.45) is 0 Å². The maximum Gasteiger partial charge on any atom is 0.156 e. The predicted octanol–water partition coefficient (Wildman–Crippen LogP) is 2.26. The Labute approximate surface area is 146 Å². The van der Waals surface area contributed by atoms with Gasteiger partial charge in [-0.15, -0.1) is 5.10 Å². The highest BCUT2D eigenvalue weighted by Gasteiger charge is 2.26. The third kappa shape index (κ3) is 2.69. The lowest BCUT2D eigenvalue weighted by molar-refractivity contribution is 0.638. The molecule has 7 nitrogen and oxygen atoms in total. The molecule has 3 aromatic rings.